The van der Waals surface area contributed by atoms with Crippen molar-refractivity contribution in [2.45, 2.75) is 12.3 Å². The highest BCUT2D eigenvalue weighted by Crippen LogP contribution is 2.36. The van der Waals surface area contributed by atoms with Gasteiger partial charge in [-0.05, 0) is 17.7 Å². The summed E-state index contributed by atoms with van der Waals surface area (Å²) < 4.78 is 55.3. The number of aliphatic hydroxyl groups is 1. The van der Waals surface area contributed by atoms with E-state index >= 15 is 0 Å². The Morgan fingerprint density at radius 1 is 1.35 bits per heavy atom. The second-order valence-electron chi connectivity index (χ2n) is 3.86. The molecular weight excluding hydrogens is 298 g/mol. The highest BCUT2D eigenvalue weighted by atomic mass is 32.1. The number of aliphatic hydroxyl groups excluding tert-OH is 1. The van der Waals surface area contributed by atoms with Crippen molar-refractivity contribution < 1.29 is 27.4 Å². The highest BCUT2D eigenvalue weighted by Gasteiger charge is 2.35. The average Bonchev–Trinajstić information content (AvgIpc) is 2.88. The van der Waals surface area contributed by atoms with Gasteiger partial charge in [0.05, 0.1) is 12.0 Å². The van der Waals surface area contributed by atoms with Crippen molar-refractivity contribution in [2.24, 2.45) is 0 Å². The van der Waals surface area contributed by atoms with E-state index in [0.717, 1.165) is 12.3 Å². The summed E-state index contributed by atoms with van der Waals surface area (Å²) in [5, 5.41) is 8.97. The Morgan fingerprint density at radius 2 is 2.05 bits per heavy atom. The zero-order chi connectivity index (χ0) is 14.9. The van der Waals surface area contributed by atoms with Crippen molar-refractivity contribution in [1.29, 1.82) is 0 Å². The Morgan fingerprint density at radius 3 is 2.60 bits per heavy atom. The smallest absolute Gasteiger partial charge is 0.443 e. The quantitative estimate of drug-likeness (QED) is 0.884. The largest absolute Gasteiger partial charge is 0.494 e. The van der Waals surface area contributed by atoms with Crippen LogP contribution in [-0.4, -0.2) is 17.2 Å². The van der Waals surface area contributed by atoms with E-state index in [1.807, 2.05) is 0 Å². The summed E-state index contributed by atoms with van der Waals surface area (Å²) in [6.07, 6.45) is -4.92. The lowest BCUT2D eigenvalue weighted by Crippen LogP contribution is -2.03. The van der Waals surface area contributed by atoms with Gasteiger partial charge in [-0.2, -0.15) is 13.2 Å². The molecule has 0 aliphatic heterocycles. The van der Waals surface area contributed by atoms with Crippen LogP contribution in [0.3, 0.4) is 0 Å². The van der Waals surface area contributed by atoms with Gasteiger partial charge in [-0.1, -0.05) is 6.07 Å². The maximum atomic E-state index is 13.2. The van der Waals surface area contributed by atoms with Crippen LogP contribution in [0.2, 0.25) is 0 Å². The van der Waals surface area contributed by atoms with E-state index in [-0.39, 0.29) is 16.2 Å². The first-order chi connectivity index (χ1) is 9.32. The maximum absolute atomic E-state index is 13.2. The fourth-order valence-electron chi connectivity index (χ4n) is 1.55. The number of halogens is 4. The van der Waals surface area contributed by atoms with Gasteiger partial charge in [-0.3, -0.25) is 0 Å². The van der Waals surface area contributed by atoms with Crippen LogP contribution in [0.25, 0.3) is 0 Å². The Labute approximate surface area is 115 Å². The number of nitrogens with zero attached hydrogens (tertiary/aromatic N) is 1. The molecule has 1 aromatic carbocycles. The van der Waals surface area contributed by atoms with E-state index in [1.54, 1.807) is 0 Å². The minimum Gasteiger partial charge on any atom is -0.494 e. The number of alkyl halides is 3. The number of thiazole rings is 1. The minimum absolute atomic E-state index is 0.0194. The molecule has 20 heavy (non-hydrogen) atoms. The zero-order valence-corrected chi connectivity index (χ0v) is 10.9. The molecule has 108 valence electrons. The lowest BCUT2D eigenvalue weighted by atomic mass is 10.1. The number of methoxy groups -OCH3 is 1. The maximum Gasteiger partial charge on any atom is 0.443 e. The third kappa shape index (κ3) is 2.91. The third-order valence-electron chi connectivity index (χ3n) is 2.53. The Kier molecular flexibility index (Phi) is 3.96. The van der Waals surface area contributed by atoms with Crippen LogP contribution in [0.15, 0.2) is 24.4 Å². The molecule has 0 bridgehead atoms. The van der Waals surface area contributed by atoms with E-state index in [0.29, 0.717) is 11.3 Å². The standard InChI is InChI=1S/C12H9F4NO2S/c1-19-8-4-6(2-3-7(8)13)10(18)9-5-17-11(20-9)12(14,15)16/h2-5,10,18H,1H3. The molecule has 2 aromatic rings. The molecule has 0 saturated heterocycles. The van der Waals surface area contributed by atoms with Gasteiger partial charge >= 0.3 is 6.18 Å². The predicted molar refractivity (Wildman–Crippen MR) is 64.1 cm³/mol. The van der Waals surface area contributed by atoms with Crippen LogP contribution in [0.1, 0.15) is 21.6 Å². The third-order valence-corrected chi connectivity index (χ3v) is 3.62. The van der Waals surface area contributed by atoms with Gasteiger partial charge in [0.15, 0.2) is 16.6 Å². The Bertz CT molecular complexity index is 612. The first-order valence-corrected chi connectivity index (χ1v) is 6.19. The monoisotopic (exact) mass is 307 g/mol. The molecule has 0 fully saturated rings. The molecule has 8 heteroatoms. The van der Waals surface area contributed by atoms with Crippen molar-refractivity contribution >= 4 is 11.3 Å². The molecule has 1 atom stereocenters. The van der Waals surface area contributed by atoms with E-state index in [9.17, 15) is 22.7 Å². The van der Waals surface area contributed by atoms with Crippen LogP contribution in [0, 0.1) is 5.82 Å². The number of ether oxygens (including phenoxy) is 1. The number of hydrogen-bond donors (Lipinski definition) is 1. The molecular formula is C12H9F4NO2S. The molecule has 0 radical (unpaired) electrons. The summed E-state index contributed by atoms with van der Waals surface area (Å²) in [6, 6.07) is 3.57. The molecule has 0 aliphatic carbocycles. The van der Waals surface area contributed by atoms with Crippen molar-refractivity contribution in [3.8, 4) is 5.75 Å². The van der Waals surface area contributed by atoms with Gasteiger partial charge in [0.2, 0.25) is 0 Å². The molecule has 3 nitrogen and oxygen atoms in total. The summed E-state index contributed by atoms with van der Waals surface area (Å²) in [6.45, 7) is 0. The van der Waals surface area contributed by atoms with E-state index < -0.39 is 23.1 Å². The Balaban J connectivity index is 2.31. The molecule has 0 saturated carbocycles. The van der Waals surface area contributed by atoms with E-state index in [4.69, 9.17) is 4.74 Å². The van der Waals surface area contributed by atoms with Crippen molar-refractivity contribution in [1.82, 2.24) is 4.98 Å². The average molecular weight is 307 g/mol. The second-order valence-corrected chi connectivity index (χ2v) is 4.92. The number of hydrogen-bond acceptors (Lipinski definition) is 4. The van der Waals surface area contributed by atoms with Crippen LogP contribution in [0.5, 0.6) is 5.75 Å². The van der Waals surface area contributed by atoms with E-state index in [1.165, 1.54) is 19.2 Å². The second kappa shape index (κ2) is 5.37. The molecule has 1 unspecified atom stereocenters. The summed E-state index contributed by atoms with van der Waals surface area (Å²) in [5.41, 5.74) is 0.223. The SMILES string of the molecule is COc1cc(C(O)c2cnc(C(F)(F)F)s2)ccc1F. The molecule has 0 spiro atoms. The van der Waals surface area contributed by atoms with Crippen molar-refractivity contribution in [3.05, 3.63) is 45.7 Å². The number of benzene rings is 1. The predicted octanol–water partition coefficient (Wildman–Crippen LogP) is 3.39. The molecule has 0 aliphatic rings. The van der Waals surface area contributed by atoms with Crippen LogP contribution < -0.4 is 4.74 Å². The Hall–Kier alpha value is -1.67. The number of aromatic nitrogens is 1. The lowest BCUT2D eigenvalue weighted by Gasteiger charge is -2.10. The fourth-order valence-corrected chi connectivity index (χ4v) is 2.35. The first kappa shape index (κ1) is 14.7. The van der Waals surface area contributed by atoms with Gasteiger partial charge in [-0.25, -0.2) is 9.37 Å². The molecule has 2 rings (SSSR count). The summed E-state index contributed by atoms with van der Waals surface area (Å²) in [5.74, 6) is -0.717. The molecule has 1 heterocycles. The van der Waals surface area contributed by atoms with Crippen LogP contribution >= 0.6 is 11.3 Å². The van der Waals surface area contributed by atoms with Gasteiger partial charge in [0, 0.05) is 6.20 Å². The topological polar surface area (TPSA) is 42.4 Å². The van der Waals surface area contributed by atoms with Crippen LogP contribution in [-0.2, 0) is 6.18 Å². The van der Waals surface area contributed by atoms with Gasteiger partial charge in [0.25, 0.3) is 0 Å². The van der Waals surface area contributed by atoms with E-state index in [2.05, 4.69) is 4.98 Å². The van der Waals surface area contributed by atoms with Crippen molar-refractivity contribution in [2.75, 3.05) is 7.11 Å². The minimum atomic E-state index is -4.55. The normalized spacial score (nSPS) is 13.3. The first-order valence-electron chi connectivity index (χ1n) is 5.37. The van der Waals surface area contributed by atoms with Gasteiger partial charge in [0.1, 0.15) is 6.10 Å². The van der Waals surface area contributed by atoms with Gasteiger partial charge in [-0.15, -0.1) is 11.3 Å². The van der Waals surface area contributed by atoms with Crippen LogP contribution in [0.4, 0.5) is 17.6 Å². The lowest BCUT2D eigenvalue weighted by molar-refractivity contribution is -0.137. The van der Waals surface area contributed by atoms with Crippen molar-refractivity contribution in [3.63, 3.8) is 0 Å². The molecule has 1 N–H and O–H groups in total. The van der Waals surface area contributed by atoms with Gasteiger partial charge < -0.3 is 9.84 Å². The number of rotatable bonds is 3. The molecule has 1 aromatic heterocycles. The molecule has 0 amide bonds. The highest BCUT2D eigenvalue weighted by molar-refractivity contribution is 7.11. The summed E-state index contributed by atoms with van der Waals surface area (Å²) >= 11 is 0.340. The summed E-state index contributed by atoms with van der Waals surface area (Å²) in [4.78, 5) is 3.24. The summed E-state index contributed by atoms with van der Waals surface area (Å²) in [7, 11) is 1.25. The zero-order valence-electron chi connectivity index (χ0n) is 10.1. The fraction of sp³-hybridized carbons (Fsp3) is 0.250.